The zero-order chi connectivity index (χ0) is 22.6. The number of halogens is 1. The van der Waals surface area contributed by atoms with Gasteiger partial charge in [-0.25, -0.2) is 4.98 Å². The first kappa shape index (κ1) is 22.2. The summed E-state index contributed by atoms with van der Waals surface area (Å²) in [5, 5.41) is 5.28. The molecule has 3 aromatic carbocycles. The first-order valence-electron chi connectivity index (χ1n) is 10.2. The van der Waals surface area contributed by atoms with Crippen molar-refractivity contribution >= 4 is 38.3 Å². The van der Waals surface area contributed by atoms with Gasteiger partial charge >= 0.3 is 0 Å². The highest BCUT2D eigenvalue weighted by atomic mass is 79.9. The van der Waals surface area contributed by atoms with Gasteiger partial charge in [0.1, 0.15) is 5.75 Å². The van der Waals surface area contributed by atoms with Gasteiger partial charge in [0.05, 0.1) is 5.69 Å². The van der Waals surface area contributed by atoms with Gasteiger partial charge in [0.2, 0.25) is 0 Å². The van der Waals surface area contributed by atoms with Crippen molar-refractivity contribution in [3.63, 3.8) is 0 Å². The average molecular weight is 507 g/mol. The topological polar surface area (TPSA) is 51.2 Å². The van der Waals surface area contributed by atoms with E-state index in [1.807, 2.05) is 60.0 Å². The Morgan fingerprint density at radius 1 is 0.969 bits per heavy atom. The smallest absolute Gasteiger partial charge is 0.264 e. The Kier molecular flexibility index (Phi) is 6.72. The molecule has 1 aromatic heterocycles. The fourth-order valence-corrected chi connectivity index (χ4v) is 4.38. The number of amides is 1. The highest BCUT2D eigenvalue weighted by Gasteiger charge is 2.22. The summed E-state index contributed by atoms with van der Waals surface area (Å²) in [4.78, 5) is 16.8. The third-order valence-corrected chi connectivity index (χ3v) is 6.62. The number of ether oxygens (including phenoxy) is 1. The number of nitrogens with one attached hydrogen (secondary N) is 1. The molecule has 0 bridgehead atoms. The normalized spacial score (nSPS) is 11.2. The van der Waals surface area contributed by atoms with E-state index in [1.54, 1.807) is 0 Å². The molecule has 4 nitrogen and oxygen atoms in total. The number of carbonyl (C=O) groups is 1. The van der Waals surface area contributed by atoms with Gasteiger partial charge in [0.15, 0.2) is 11.7 Å². The summed E-state index contributed by atoms with van der Waals surface area (Å²) < 4.78 is 6.69. The number of rotatable bonds is 7. The summed E-state index contributed by atoms with van der Waals surface area (Å²) in [7, 11) is 0. The molecule has 1 heterocycles. The van der Waals surface area contributed by atoms with Crippen LogP contribution in [0, 0.1) is 0 Å². The first-order chi connectivity index (χ1) is 15.4. The number of benzene rings is 3. The number of anilines is 1. The lowest BCUT2D eigenvalue weighted by Crippen LogP contribution is -2.20. The van der Waals surface area contributed by atoms with Gasteiger partial charge in [-0.2, -0.15) is 0 Å². The van der Waals surface area contributed by atoms with Crippen molar-refractivity contribution in [2.45, 2.75) is 19.3 Å². The van der Waals surface area contributed by atoms with Crippen LogP contribution in [0.4, 0.5) is 5.13 Å². The minimum atomic E-state index is -0.240. The van der Waals surface area contributed by atoms with Crippen LogP contribution in [0.25, 0.3) is 11.3 Å². The van der Waals surface area contributed by atoms with E-state index in [2.05, 4.69) is 64.3 Å². The van der Waals surface area contributed by atoms with Crippen LogP contribution in [0.15, 0.2) is 88.7 Å². The number of carbonyl (C=O) groups excluding carboxylic acids is 1. The first-order valence-corrected chi connectivity index (χ1v) is 11.9. The second-order valence-electron chi connectivity index (χ2n) is 7.90. The molecule has 0 radical (unpaired) electrons. The van der Waals surface area contributed by atoms with Crippen molar-refractivity contribution in [2.24, 2.45) is 0 Å². The summed E-state index contributed by atoms with van der Waals surface area (Å²) >= 11 is 4.82. The van der Waals surface area contributed by atoms with Crippen LogP contribution in [0.1, 0.15) is 25.0 Å². The second kappa shape index (κ2) is 9.67. The Bertz CT molecular complexity index is 1190. The Morgan fingerprint density at radius 2 is 1.62 bits per heavy atom. The largest absolute Gasteiger partial charge is 0.484 e. The summed E-state index contributed by atoms with van der Waals surface area (Å²) in [6.45, 7) is 4.32. The quantitative estimate of drug-likeness (QED) is 0.296. The molecule has 4 rings (SSSR count). The fourth-order valence-electron chi connectivity index (χ4n) is 3.38. The zero-order valence-electron chi connectivity index (χ0n) is 17.8. The third-order valence-electron chi connectivity index (χ3n) is 5.33. The SMILES string of the molecule is CC(C)(c1ccccc1)c1ccc(OCC(=O)Nc2nc(-c3ccc(Br)cc3)cs2)cc1. The molecule has 6 heteroatoms. The van der Waals surface area contributed by atoms with Crippen molar-refractivity contribution in [1.29, 1.82) is 0 Å². The molecule has 0 atom stereocenters. The van der Waals surface area contributed by atoms with Crippen molar-refractivity contribution in [3.8, 4) is 17.0 Å². The lowest BCUT2D eigenvalue weighted by Gasteiger charge is -2.26. The molecule has 0 aliphatic rings. The third kappa shape index (κ3) is 5.26. The standard InChI is InChI=1S/C26H23BrN2O2S/c1-26(2,19-6-4-3-5-7-19)20-10-14-22(15-11-20)31-16-24(30)29-25-28-23(17-32-25)18-8-12-21(27)13-9-18/h3-15,17H,16H2,1-2H3,(H,28,29,30). The molecule has 0 spiro atoms. The van der Waals surface area contributed by atoms with E-state index in [0.717, 1.165) is 15.7 Å². The molecule has 162 valence electrons. The highest BCUT2D eigenvalue weighted by Crippen LogP contribution is 2.32. The van der Waals surface area contributed by atoms with E-state index in [-0.39, 0.29) is 17.9 Å². The maximum absolute atomic E-state index is 12.3. The molecule has 1 N–H and O–H groups in total. The van der Waals surface area contributed by atoms with Crippen molar-refractivity contribution in [2.75, 3.05) is 11.9 Å². The van der Waals surface area contributed by atoms with Gasteiger partial charge in [0.25, 0.3) is 5.91 Å². The second-order valence-corrected chi connectivity index (χ2v) is 9.67. The number of hydrogen-bond acceptors (Lipinski definition) is 4. The molecule has 0 saturated carbocycles. The molecule has 0 unspecified atom stereocenters. The van der Waals surface area contributed by atoms with Gasteiger partial charge in [-0.3, -0.25) is 10.1 Å². The zero-order valence-corrected chi connectivity index (χ0v) is 20.2. The van der Waals surface area contributed by atoms with Crippen molar-refractivity contribution in [3.05, 3.63) is 99.8 Å². The maximum atomic E-state index is 12.3. The Hall–Kier alpha value is -2.96. The van der Waals surface area contributed by atoms with E-state index in [1.165, 1.54) is 22.5 Å². The highest BCUT2D eigenvalue weighted by molar-refractivity contribution is 9.10. The van der Waals surface area contributed by atoms with Crippen LogP contribution in [-0.2, 0) is 10.2 Å². The van der Waals surface area contributed by atoms with Crippen LogP contribution < -0.4 is 10.1 Å². The fraction of sp³-hybridized carbons (Fsp3) is 0.154. The van der Waals surface area contributed by atoms with Crippen LogP contribution in [0.5, 0.6) is 5.75 Å². The summed E-state index contributed by atoms with van der Waals surface area (Å²) in [5.74, 6) is 0.415. The van der Waals surface area contributed by atoms with Gasteiger partial charge < -0.3 is 4.74 Å². The Balaban J connectivity index is 1.33. The van der Waals surface area contributed by atoms with Crippen molar-refractivity contribution < 1.29 is 9.53 Å². The van der Waals surface area contributed by atoms with E-state index >= 15 is 0 Å². The number of aromatic nitrogens is 1. The minimum Gasteiger partial charge on any atom is -0.484 e. The van der Waals surface area contributed by atoms with E-state index in [4.69, 9.17) is 4.74 Å². The molecular weight excluding hydrogens is 484 g/mol. The Labute approximate surface area is 200 Å². The van der Waals surface area contributed by atoms with E-state index in [0.29, 0.717) is 10.9 Å². The van der Waals surface area contributed by atoms with Gasteiger partial charge in [-0.05, 0) is 35.4 Å². The van der Waals surface area contributed by atoms with E-state index < -0.39 is 0 Å². The van der Waals surface area contributed by atoms with Gasteiger partial charge in [-0.1, -0.05) is 84.4 Å². The lowest BCUT2D eigenvalue weighted by atomic mass is 9.78. The summed E-state index contributed by atoms with van der Waals surface area (Å²) in [6.07, 6.45) is 0. The van der Waals surface area contributed by atoms with E-state index in [9.17, 15) is 4.79 Å². The van der Waals surface area contributed by atoms with Crippen LogP contribution in [0.2, 0.25) is 0 Å². The minimum absolute atomic E-state index is 0.0748. The summed E-state index contributed by atoms with van der Waals surface area (Å²) in [6, 6.07) is 26.2. The monoisotopic (exact) mass is 506 g/mol. The molecular formula is C26H23BrN2O2S. The predicted molar refractivity (Wildman–Crippen MR) is 134 cm³/mol. The molecule has 0 fully saturated rings. The number of nitrogens with zero attached hydrogens (tertiary/aromatic N) is 1. The molecule has 0 aliphatic carbocycles. The molecule has 0 saturated heterocycles. The molecule has 32 heavy (non-hydrogen) atoms. The maximum Gasteiger partial charge on any atom is 0.264 e. The predicted octanol–water partition coefficient (Wildman–Crippen LogP) is 6.92. The average Bonchev–Trinajstić information content (AvgIpc) is 3.27. The number of thiazole rings is 1. The Morgan fingerprint density at radius 3 is 2.31 bits per heavy atom. The van der Waals surface area contributed by atoms with Crippen molar-refractivity contribution in [1.82, 2.24) is 4.98 Å². The molecule has 0 aliphatic heterocycles. The summed E-state index contributed by atoms with van der Waals surface area (Å²) in [5.41, 5.74) is 4.15. The molecule has 4 aromatic rings. The van der Waals surface area contributed by atoms with Crippen LogP contribution >= 0.6 is 27.3 Å². The van der Waals surface area contributed by atoms with Gasteiger partial charge in [-0.15, -0.1) is 11.3 Å². The van der Waals surface area contributed by atoms with Crippen LogP contribution in [0.3, 0.4) is 0 Å². The number of hydrogen-bond donors (Lipinski definition) is 1. The molecule has 1 amide bonds. The lowest BCUT2D eigenvalue weighted by molar-refractivity contribution is -0.118. The van der Waals surface area contributed by atoms with Crippen LogP contribution in [-0.4, -0.2) is 17.5 Å². The van der Waals surface area contributed by atoms with Gasteiger partial charge in [0, 0.05) is 20.8 Å².